The van der Waals surface area contributed by atoms with Crippen LogP contribution in [-0.4, -0.2) is 26.0 Å². The predicted molar refractivity (Wildman–Crippen MR) is 93.5 cm³/mol. The van der Waals surface area contributed by atoms with E-state index >= 15 is 0 Å². The molecule has 0 spiro atoms. The molecule has 25 heavy (non-hydrogen) atoms. The molecule has 4 rings (SSSR count). The first kappa shape index (κ1) is 15.9. The normalized spacial score (nSPS) is 29.4. The topological polar surface area (TPSA) is 55.8 Å². The molecule has 2 aliphatic carbocycles. The maximum absolute atomic E-state index is 13.2. The van der Waals surface area contributed by atoms with Gasteiger partial charge in [-0.2, -0.15) is 0 Å². The summed E-state index contributed by atoms with van der Waals surface area (Å²) in [5.74, 6) is 0.266. The van der Waals surface area contributed by atoms with Gasteiger partial charge in [-0.05, 0) is 26.0 Å². The number of hydrogen-bond donors (Lipinski definition) is 0. The van der Waals surface area contributed by atoms with Crippen molar-refractivity contribution in [3.63, 3.8) is 0 Å². The minimum absolute atomic E-state index is 0.0399. The van der Waals surface area contributed by atoms with Gasteiger partial charge in [-0.15, -0.1) is 0 Å². The number of ether oxygens (including phenoxy) is 2. The van der Waals surface area contributed by atoms with E-state index in [1.807, 2.05) is 0 Å². The van der Waals surface area contributed by atoms with Crippen molar-refractivity contribution in [1.29, 1.82) is 0 Å². The van der Waals surface area contributed by atoms with Crippen molar-refractivity contribution in [1.82, 2.24) is 0 Å². The first-order valence-corrected chi connectivity index (χ1v) is 8.45. The van der Waals surface area contributed by atoms with E-state index in [2.05, 4.69) is 26.0 Å². The van der Waals surface area contributed by atoms with E-state index in [0.29, 0.717) is 17.2 Å². The molecule has 1 aliphatic heterocycles. The number of amides is 2. The summed E-state index contributed by atoms with van der Waals surface area (Å²) in [6.07, 6.45) is 4.18. The van der Waals surface area contributed by atoms with Crippen molar-refractivity contribution >= 4 is 17.5 Å². The molecule has 0 N–H and O–H groups in total. The molecular weight excluding hydrogens is 318 g/mol. The molecule has 130 valence electrons. The molecule has 2 fully saturated rings. The molecule has 1 saturated heterocycles. The lowest BCUT2D eigenvalue weighted by atomic mass is 9.85. The number of carbonyl (C=O) groups excluding carboxylic acids is 2. The smallest absolute Gasteiger partial charge is 0.238 e. The van der Waals surface area contributed by atoms with Crippen LogP contribution in [0, 0.1) is 23.7 Å². The van der Waals surface area contributed by atoms with Crippen molar-refractivity contribution in [2.24, 2.45) is 23.7 Å². The van der Waals surface area contributed by atoms with Gasteiger partial charge in [-0.25, -0.2) is 4.90 Å². The Balaban J connectivity index is 1.79. The first-order chi connectivity index (χ1) is 12.0. The summed E-state index contributed by atoms with van der Waals surface area (Å²) in [7, 11) is 3.09. The van der Waals surface area contributed by atoms with Crippen LogP contribution in [0.3, 0.4) is 0 Å². The largest absolute Gasteiger partial charge is 0.497 e. The lowest BCUT2D eigenvalue weighted by Gasteiger charge is -2.21. The second kappa shape index (κ2) is 5.48. The van der Waals surface area contributed by atoms with Crippen molar-refractivity contribution in [3.8, 4) is 11.5 Å². The zero-order valence-corrected chi connectivity index (χ0v) is 14.8. The lowest BCUT2D eigenvalue weighted by Crippen LogP contribution is -2.33. The Morgan fingerprint density at radius 1 is 0.960 bits per heavy atom. The molecule has 2 bridgehead atoms. The summed E-state index contributed by atoms with van der Waals surface area (Å²) in [4.78, 5) is 27.6. The van der Waals surface area contributed by atoms with E-state index < -0.39 is 0 Å². The number of fused-ring (bicyclic) bond motifs is 5. The second-order valence-electron chi connectivity index (χ2n) is 6.99. The van der Waals surface area contributed by atoms with Crippen LogP contribution in [0.2, 0.25) is 0 Å². The number of anilines is 1. The molecule has 0 unspecified atom stereocenters. The third-order valence-corrected chi connectivity index (χ3v) is 5.62. The zero-order valence-electron chi connectivity index (χ0n) is 14.8. The molecule has 0 radical (unpaired) electrons. The molecule has 1 saturated carbocycles. The van der Waals surface area contributed by atoms with Crippen LogP contribution >= 0.6 is 0 Å². The summed E-state index contributed by atoms with van der Waals surface area (Å²) in [5, 5.41) is 0. The highest BCUT2D eigenvalue weighted by Crippen LogP contribution is 2.57. The van der Waals surface area contributed by atoms with Gasteiger partial charge in [0, 0.05) is 17.9 Å². The number of rotatable bonds is 3. The fraction of sp³-hybridized carbons (Fsp3) is 0.400. The van der Waals surface area contributed by atoms with Crippen molar-refractivity contribution in [3.05, 3.63) is 41.5 Å². The van der Waals surface area contributed by atoms with Gasteiger partial charge in [0.25, 0.3) is 0 Å². The minimum Gasteiger partial charge on any atom is -0.497 e. The van der Waals surface area contributed by atoms with Gasteiger partial charge in [0.1, 0.15) is 11.5 Å². The summed E-state index contributed by atoms with van der Waals surface area (Å²) >= 11 is 0. The average molecular weight is 339 g/mol. The second-order valence-corrected chi connectivity index (χ2v) is 6.99. The Morgan fingerprint density at radius 2 is 1.56 bits per heavy atom. The Hall–Kier alpha value is -2.56. The summed E-state index contributed by atoms with van der Waals surface area (Å²) < 4.78 is 10.6. The maximum Gasteiger partial charge on any atom is 0.238 e. The fourth-order valence-corrected chi connectivity index (χ4v) is 4.64. The number of hydrogen-bond acceptors (Lipinski definition) is 4. The molecule has 0 aromatic heterocycles. The minimum atomic E-state index is -0.302. The van der Waals surface area contributed by atoms with Gasteiger partial charge >= 0.3 is 0 Å². The van der Waals surface area contributed by atoms with Crippen molar-refractivity contribution < 1.29 is 19.1 Å². The van der Waals surface area contributed by atoms with E-state index in [1.165, 1.54) is 23.2 Å². The molecular formula is C20H21NO4. The summed E-state index contributed by atoms with van der Waals surface area (Å²) in [6.45, 7) is 4.11. The predicted octanol–water partition coefficient (Wildman–Crippen LogP) is 2.96. The number of carbonyl (C=O) groups is 2. The molecule has 1 aromatic rings. The SMILES string of the molecule is COc1ccc(OC)c(N2C(=O)[C@H]3[C@H](C2=O)[C@H]2C=C[C@H]3C2=C(C)C)c1. The highest BCUT2D eigenvalue weighted by molar-refractivity contribution is 6.24. The summed E-state index contributed by atoms with van der Waals surface area (Å²) in [5.41, 5.74) is 2.92. The van der Waals surface area contributed by atoms with Gasteiger partial charge in [0.2, 0.25) is 11.8 Å². The highest BCUT2D eigenvalue weighted by Gasteiger charge is 2.62. The summed E-state index contributed by atoms with van der Waals surface area (Å²) in [6, 6.07) is 5.16. The van der Waals surface area contributed by atoms with Crippen LogP contribution < -0.4 is 14.4 Å². The molecule has 4 atom stereocenters. The zero-order chi connectivity index (χ0) is 17.9. The quantitative estimate of drug-likeness (QED) is 0.627. The van der Waals surface area contributed by atoms with Crippen LogP contribution in [0.4, 0.5) is 5.69 Å². The van der Waals surface area contributed by atoms with Crippen LogP contribution in [0.5, 0.6) is 11.5 Å². The van der Waals surface area contributed by atoms with Crippen molar-refractivity contribution in [2.45, 2.75) is 13.8 Å². The Labute approximate surface area is 146 Å². The van der Waals surface area contributed by atoms with Crippen LogP contribution in [0.15, 0.2) is 41.5 Å². The Bertz CT molecular complexity index is 800. The van der Waals surface area contributed by atoms with E-state index in [1.54, 1.807) is 25.3 Å². The van der Waals surface area contributed by atoms with Crippen LogP contribution in [0.25, 0.3) is 0 Å². The van der Waals surface area contributed by atoms with E-state index in [9.17, 15) is 9.59 Å². The number of methoxy groups -OCH3 is 2. The Morgan fingerprint density at radius 3 is 2.04 bits per heavy atom. The van der Waals surface area contributed by atoms with E-state index in [0.717, 1.165) is 0 Å². The molecule has 5 nitrogen and oxygen atoms in total. The standard InChI is InChI=1S/C20H21NO4/c1-10(2)16-12-6-7-13(16)18-17(12)19(22)21(20(18)23)14-9-11(24-3)5-8-15(14)25-4/h5-9,12-13,17-18H,1-4H3/t12-,13-,17+,18+/m0/s1. The molecule has 3 aliphatic rings. The van der Waals surface area contributed by atoms with Gasteiger partial charge < -0.3 is 9.47 Å². The molecule has 2 amide bonds. The molecule has 5 heteroatoms. The number of imide groups is 1. The van der Waals surface area contributed by atoms with E-state index in [-0.39, 0.29) is 35.5 Å². The van der Waals surface area contributed by atoms with Gasteiger partial charge in [-0.1, -0.05) is 23.3 Å². The first-order valence-electron chi connectivity index (χ1n) is 8.45. The highest BCUT2D eigenvalue weighted by atomic mass is 16.5. The lowest BCUT2D eigenvalue weighted by molar-refractivity contribution is -0.123. The van der Waals surface area contributed by atoms with Gasteiger partial charge in [0.15, 0.2) is 0 Å². The monoisotopic (exact) mass is 339 g/mol. The van der Waals surface area contributed by atoms with Gasteiger partial charge in [0.05, 0.1) is 31.7 Å². The third kappa shape index (κ3) is 2.01. The average Bonchev–Trinajstić information content (AvgIpc) is 3.24. The Kier molecular flexibility index (Phi) is 3.49. The molecule has 1 aromatic carbocycles. The van der Waals surface area contributed by atoms with Crippen LogP contribution in [-0.2, 0) is 9.59 Å². The third-order valence-electron chi connectivity index (χ3n) is 5.62. The van der Waals surface area contributed by atoms with Crippen molar-refractivity contribution in [2.75, 3.05) is 19.1 Å². The molecule has 1 heterocycles. The van der Waals surface area contributed by atoms with E-state index in [4.69, 9.17) is 9.47 Å². The van der Waals surface area contributed by atoms with Crippen LogP contribution in [0.1, 0.15) is 13.8 Å². The van der Waals surface area contributed by atoms with Gasteiger partial charge in [-0.3, -0.25) is 9.59 Å². The number of benzene rings is 1. The number of nitrogens with zero attached hydrogens (tertiary/aromatic N) is 1. The maximum atomic E-state index is 13.2. The fourth-order valence-electron chi connectivity index (χ4n) is 4.64. The number of allylic oxidation sites excluding steroid dienone is 4.